The number of rotatable bonds is 4. The molecule has 5 nitrogen and oxygen atoms in total. The zero-order valence-corrected chi connectivity index (χ0v) is 15.7. The molecule has 2 aromatic carbocycles. The number of imidazole rings is 1. The maximum atomic E-state index is 11.3. The van der Waals surface area contributed by atoms with Crippen molar-refractivity contribution in [2.75, 3.05) is 19.6 Å². The second kappa shape index (κ2) is 6.91. The maximum absolute atomic E-state index is 11.3. The molecule has 28 heavy (non-hydrogen) atoms. The molecule has 6 rings (SSSR count). The molecule has 0 spiro atoms. The Bertz CT molecular complexity index is 986. The number of carboxylic acids is 1. The van der Waals surface area contributed by atoms with E-state index in [1.54, 1.807) is 12.1 Å². The van der Waals surface area contributed by atoms with Crippen molar-refractivity contribution < 1.29 is 9.90 Å². The molecule has 3 saturated heterocycles. The molecule has 5 heteroatoms. The Hall–Kier alpha value is -2.92. The maximum Gasteiger partial charge on any atom is 0.335 e. The third-order valence-corrected chi connectivity index (χ3v) is 6.23. The Morgan fingerprint density at radius 2 is 1.68 bits per heavy atom. The molecule has 142 valence electrons. The van der Waals surface area contributed by atoms with E-state index in [1.165, 1.54) is 25.9 Å². The zero-order valence-electron chi connectivity index (χ0n) is 15.7. The van der Waals surface area contributed by atoms with Gasteiger partial charge in [0.1, 0.15) is 0 Å². The molecule has 0 amide bonds. The summed E-state index contributed by atoms with van der Waals surface area (Å²) in [6.45, 7) is 3.46. The van der Waals surface area contributed by atoms with Gasteiger partial charge in [-0.1, -0.05) is 42.5 Å². The van der Waals surface area contributed by atoms with Crippen molar-refractivity contribution in [3.8, 4) is 22.5 Å². The minimum absolute atomic E-state index is 0.305. The molecule has 4 heterocycles. The molecule has 0 saturated carbocycles. The highest BCUT2D eigenvalue weighted by molar-refractivity contribution is 5.89. The van der Waals surface area contributed by atoms with Gasteiger partial charge in [-0.05, 0) is 44.0 Å². The van der Waals surface area contributed by atoms with E-state index >= 15 is 0 Å². The van der Waals surface area contributed by atoms with Gasteiger partial charge in [-0.3, -0.25) is 0 Å². The molecular weight excluding hydrogens is 350 g/mol. The summed E-state index contributed by atoms with van der Waals surface area (Å²) in [7, 11) is 0. The fourth-order valence-corrected chi connectivity index (χ4v) is 4.73. The van der Waals surface area contributed by atoms with Gasteiger partial charge in [-0.15, -0.1) is 0 Å². The minimum atomic E-state index is -0.902. The molecule has 1 atom stereocenters. The summed E-state index contributed by atoms with van der Waals surface area (Å²) in [5.74, 6) is -0.222. The first-order valence-corrected chi connectivity index (χ1v) is 9.89. The van der Waals surface area contributed by atoms with E-state index in [4.69, 9.17) is 4.98 Å². The number of carbonyl (C=O) groups is 1. The van der Waals surface area contributed by atoms with Gasteiger partial charge >= 0.3 is 5.97 Å². The molecule has 1 aromatic heterocycles. The monoisotopic (exact) mass is 373 g/mol. The van der Waals surface area contributed by atoms with E-state index in [0.717, 1.165) is 29.1 Å². The van der Waals surface area contributed by atoms with Crippen LogP contribution in [0.1, 0.15) is 29.2 Å². The highest BCUT2D eigenvalue weighted by Crippen LogP contribution is 2.40. The van der Waals surface area contributed by atoms with Crippen LogP contribution in [-0.4, -0.2) is 45.2 Å². The van der Waals surface area contributed by atoms with Gasteiger partial charge in [-0.2, -0.15) is 0 Å². The van der Waals surface area contributed by atoms with Crippen LogP contribution in [-0.2, 0) is 0 Å². The van der Waals surface area contributed by atoms with Crippen molar-refractivity contribution in [1.82, 2.24) is 14.5 Å². The average molecular weight is 373 g/mol. The van der Waals surface area contributed by atoms with Crippen molar-refractivity contribution in [2.24, 2.45) is 5.92 Å². The number of nitrogens with zero attached hydrogens (tertiary/aromatic N) is 3. The molecule has 0 radical (unpaired) electrons. The van der Waals surface area contributed by atoms with Crippen molar-refractivity contribution in [1.29, 1.82) is 0 Å². The van der Waals surface area contributed by atoms with Crippen molar-refractivity contribution in [2.45, 2.75) is 18.9 Å². The SMILES string of the molecule is O=C(O)c1ccc(-c2c(-c3ccccc3)ncn2[C@H]2CN3CCC2CC3)cc1. The zero-order chi connectivity index (χ0) is 19.1. The third kappa shape index (κ3) is 2.92. The summed E-state index contributed by atoms with van der Waals surface area (Å²) in [5.41, 5.74) is 4.44. The van der Waals surface area contributed by atoms with Crippen LogP contribution in [0, 0.1) is 5.92 Å². The Morgan fingerprint density at radius 3 is 2.29 bits per heavy atom. The Morgan fingerprint density at radius 1 is 0.964 bits per heavy atom. The quantitative estimate of drug-likeness (QED) is 0.745. The van der Waals surface area contributed by atoms with Crippen LogP contribution < -0.4 is 0 Å². The summed E-state index contributed by atoms with van der Waals surface area (Å²) in [6, 6.07) is 17.8. The van der Waals surface area contributed by atoms with E-state index in [-0.39, 0.29) is 0 Å². The summed E-state index contributed by atoms with van der Waals surface area (Å²) in [6.07, 6.45) is 4.46. The molecule has 0 aliphatic carbocycles. The van der Waals surface area contributed by atoms with Gasteiger partial charge in [0.25, 0.3) is 0 Å². The molecule has 3 aliphatic heterocycles. The second-order valence-corrected chi connectivity index (χ2v) is 7.80. The first-order chi connectivity index (χ1) is 13.7. The molecule has 2 bridgehead atoms. The van der Waals surface area contributed by atoms with Gasteiger partial charge in [0.05, 0.1) is 29.3 Å². The van der Waals surface area contributed by atoms with Crippen LogP contribution in [0.4, 0.5) is 0 Å². The van der Waals surface area contributed by atoms with Crippen molar-refractivity contribution in [3.63, 3.8) is 0 Å². The van der Waals surface area contributed by atoms with Crippen LogP contribution in [0.2, 0.25) is 0 Å². The number of aromatic nitrogens is 2. The van der Waals surface area contributed by atoms with Crippen LogP contribution in [0.5, 0.6) is 0 Å². The summed E-state index contributed by atoms with van der Waals surface area (Å²) < 4.78 is 2.34. The van der Waals surface area contributed by atoms with Gasteiger partial charge in [0, 0.05) is 17.7 Å². The molecule has 3 aliphatic rings. The van der Waals surface area contributed by atoms with E-state index in [2.05, 4.69) is 21.6 Å². The lowest BCUT2D eigenvalue weighted by molar-refractivity contribution is 0.0577. The number of carboxylic acid groups (broad SMARTS) is 1. The Labute approximate surface area is 164 Å². The summed E-state index contributed by atoms with van der Waals surface area (Å²) >= 11 is 0. The number of benzene rings is 2. The number of hydrogen-bond acceptors (Lipinski definition) is 3. The van der Waals surface area contributed by atoms with Crippen molar-refractivity contribution in [3.05, 3.63) is 66.5 Å². The van der Waals surface area contributed by atoms with Crippen LogP contribution in [0.15, 0.2) is 60.9 Å². The third-order valence-electron chi connectivity index (χ3n) is 6.23. The summed E-state index contributed by atoms with van der Waals surface area (Å²) in [4.78, 5) is 18.6. The normalized spacial score (nSPS) is 23.6. The smallest absolute Gasteiger partial charge is 0.335 e. The highest BCUT2D eigenvalue weighted by Gasteiger charge is 2.36. The lowest BCUT2D eigenvalue weighted by Gasteiger charge is -2.45. The number of aromatic carboxylic acids is 1. The van der Waals surface area contributed by atoms with Crippen LogP contribution in [0.25, 0.3) is 22.5 Å². The predicted octanol–water partition coefficient (Wildman–Crippen LogP) is 4.18. The fraction of sp³-hybridized carbons (Fsp3) is 0.304. The second-order valence-electron chi connectivity index (χ2n) is 7.80. The van der Waals surface area contributed by atoms with Crippen LogP contribution >= 0.6 is 0 Å². The molecule has 3 fully saturated rings. The van der Waals surface area contributed by atoms with Gasteiger partial charge in [-0.25, -0.2) is 9.78 Å². The number of hydrogen-bond donors (Lipinski definition) is 1. The molecular formula is C23H23N3O2. The van der Waals surface area contributed by atoms with E-state index in [0.29, 0.717) is 17.5 Å². The first kappa shape index (κ1) is 17.2. The fourth-order valence-electron chi connectivity index (χ4n) is 4.73. The first-order valence-electron chi connectivity index (χ1n) is 9.89. The van der Waals surface area contributed by atoms with E-state index in [1.807, 2.05) is 36.7 Å². The van der Waals surface area contributed by atoms with Gasteiger partial charge < -0.3 is 14.6 Å². The summed E-state index contributed by atoms with van der Waals surface area (Å²) in [5, 5.41) is 9.25. The standard InChI is InChI=1S/C23H23N3O2/c27-23(28)19-8-6-18(7-9-19)22-21(17-4-2-1-3-5-17)24-15-26(22)20-14-25-12-10-16(20)11-13-25/h1-9,15-16,20H,10-14H2,(H,27,28)/t20-/m0/s1. The average Bonchev–Trinajstić information content (AvgIpc) is 3.20. The van der Waals surface area contributed by atoms with E-state index < -0.39 is 5.97 Å². The molecule has 1 N–H and O–H groups in total. The number of piperidine rings is 3. The van der Waals surface area contributed by atoms with Gasteiger partial charge in [0.15, 0.2) is 0 Å². The lowest BCUT2D eigenvalue weighted by atomic mass is 9.83. The largest absolute Gasteiger partial charge is 0.478 e. The minimum Gasteiger partial charge on any atom is -0.478 e. The van der Waals surface area contributed by atoms with E-state index in [9.17, 15) is 9.90 Å². The lowest BCUT2D eigenvalue weighted by Crippen LogP contribution is -2.48. The molecule has 0 unspecified atom stereocenters. The highest BCUT2D eigenvalue weighted by atomic mass is 16.4. The predicted molar refractivity (Wildman–Crippen MR) is 108 cm³/mol. The van der Waals surface area contributed by atoms with Crippen molar-refractivity contribution >= 4 is 5.97 Å². The van der Waals surface area contributed by atoms with Crippen LogP contribution in [0.3, 0.4) is 0 Å². The Kier molecular flexibility index (Phi) is 4.24. The van der Waals surface area contributed by atoms with Gasteiger partial charge in [0.2, 0.25) is 0 Å². The Balaban J connectivity index is 1.64. The number of fused-ring (bicyclic) bond motifs is 3. The topological polar surface area (TPSA) is 58.4 Å². The molecule has 3 aromatic rings.